The van der Waals surface area contributed by atoms with Gasteiger partial charge < -0.3 is 14.1 Å². The minimum Gasteiger partial charge on any atom is -0.489 e. The highest BCUT2D eigenvalue weighted by Crippen LogP contribution is 2.29. The van der Waals surface area contributed by atoms with E-state index in [-0.39, 0.29) is 5.63 Å². The standard InChI is InChI=1S/C20H16ClNO3/c1-11-9-13(7-8-16(11)21)24-10-15-12(2)22-19-18(15)14-5-3-4-6-17(14)25-20(19)23/h3-9,22H,10H2,1-2H3. The second kappa shape index (κ2) is 5.97. The fourth-order valence-corrected chi connectivity index (χ4v) is 3.19. The van der Waals surface area contributed by atoms with Crippen LogP contribution in [0.5, 0.6) is 5.75 Å². The fraction of sp³-hybridized carbons (Fsp3) is 0.150. The molecule has 4 rings (SSSR count). The molecule has 5 heteroatoms. The summed E-state index contributed by atoms with van der Waals surface area (Å²) in [7, 11) is 0. The molecular weight excluding hydrogens is 338 g/mol. The van der Waals surface area contributed by atoms with Crippen molar-refractivity contribution in [2.45, 2.75) is 20.5 Å². The van der Waals surface area contributed by atoms with Gasteiger partial charge in [0.05, 0.1) is 0 Å². The topological polar surface area (TPSA) is 55.2 Å². The van der Waals surface area contributed by atoms with Crippen molar-refractivity contribution in [1.82, 2.24) is 4.98 Å². The number of benzene rings is 2. The van der Waals surface area contributed by atoms with E-state index in [1.165, 1.54) is 0 Å². The Labute approximate surface area is 149 Å². The van der Waals surface area contributed by atoms with E-state index in [0.717, 1.165) is 33.3 Å². The van der Waals surface area contributed by atoms with E-state index in [0.29, 0.717) is 22.7 Å². The average Bonchev–Trinajstić information content (AvgIpc) is 2.93. The highest BCUT2D eigenvalue weighted by molar-refractivity contribution is 6.31. The molecule has 0 spiro atoms. The summed E-state index contributed by atoms with van der Waals surface area (Å²) >= 11 is 6.06. The zero-order valence-electron chi connectivity index (χ0n) is 13.9. The van der Waals surface area contributed by atoms with Gasteiger partial charge in [-0.3, -0.25) is 0 Å². The maximum absolute atomic E-state index is 12.3. The van der Waals surface area contributed by atoms with E-state index in [1.54, 1.807) is 6.07 Å². The molecule has 2 aromatic carbocycles. The number of hydrogen-bond acceptors (Lipinski definition) is 3. The number of H-pyrrole nitrogens is 1. The molecule has 1 N–H and O–H groups in total. The van der Waals surface area contributed by atoms with E-state index in [4.69, 9.17) is 20.8 Å². The smallest absolute Gasteiger partial charge is 0.360 e. The van der Waals surface area contributed by atoms with Crippen molar-refractivity contribution in [2.24, 2.45) is 0 Å². The summed E-state index contributed by atoms with van der Waals surface area (Å²) in [5, 5.41) is 2.46. The van der Waals surface area contributed by atoms with Crippen molar-refractivity contribution in [3.63, 3.8) is 0 Å². The monoisotopic (exact) mass is 353 g/mol. The second-order valence-corrected chi connectivity index (χ2v) is 6.47. The van der Waals surface area contributed by atoms with Crippen LogP contribution in [0.2, 0.25) is 5.02 Å². The number of nitrogens with one attached hydrogen (secondary N) is 1. The van der Waals surface area contributed by atoms with E-state index >= 15 is 0 Å². The van der Waals surface area contributed by atoms with E-state index in [2.05, 4.69) is 4.98 Å². The summed E-state index contributed by atoms with van der Waals surface area (Å²) in [6.45, 7) is 4.21. The Morgan fingerprint density at radius 3 is 2.76 bits per heavy atom. The molecule has 0 radical (unpaired) electrons. The van der Waals surface area contributed by atoms with Crippen LogP contribution >= 0.6 is 11.6 Å². The summed E-state index contributed by atoms with van der Waals surface area (Å²) in [6.07, 6.45) is 0. The number of hydrogen-bond donors (Lipinski definition) is 1. The third-order valence-corrected chi connectivity index (χ3v) is 4.82. The Morgan fingerprint density at radius 2 is 1.96 bits per heavy atom. The van der Waals surface area contributed by atoms with Crippen molar-refractivity contribution >= 4 is 33.5 Å². The van der Waals surface area contributed by atoms with Crippen LogP contribution in [0.4, 0.5) is 0 Å². The fourth-order valence-electron chi connectivity index (χ4n) is 3.07. The minimum absolute atomic E-state index is 0.348. The minimum atomic E-state index is -0.370. The number of fused-ring (bicyclic) bond motifs is 3. The molecular formula is C20H16ClNO3. The lowest BCUT2D eigenvalue weighted by atomic mass is 10.1. The first-order chi connectivity index (χ1) is 12.0. The van der Waals surface area contributed by atoms with E-state index in [1.807, 2.05) is 50.2 Å². The molecule has 0 aliphatic carbocycles. The van der Waals surface area contributed by atoms with Gasteiger partial charge in [0.25, 0.3) is 0 Å². The van der Waals surface area contributed by atoms with Crippen molar-refractivity contribution in [1.29, 1.82) is 0 Å². The molecule has 0 saturated heterocycles. The van der Waals surface area contributed by atoms with Crippen LogP contribution in [0.1, 0.15) is 16.8 Å². The van der Waals surface area contributed by atoms with Crippen LogP contribution in [0.15, 0.2) is 51.7 Å². The third-order valence-electron chi connectivity index (χ3n) is 4.39. The molecule has 0 bridgehead atoms. The second-order valence-electron chi connectivity index (χ2n) is 6.06. The van der Waals surface area contributed by atoms with Gasteiger partial charge in [-0.15, -0.1) is 0 Å². The van der Waals surface area contributed by atoms with Gasteiger partial charge in [0.15, 0.2) is 0 Å². The van der Waals surface area contributed by atoms with Gasteiger partial charge >= 0.3 is 5.63 Å². The quantitative estimate of drug-likeness (QED) is 0.520. The number of ether oxygens (including phenoxy) is 1. The van der Waals surface area contributed by atoms with Crippen LogP contribution in [-0.4, -0.2) is 4.98 Å². The first-order valence-corrected chi connectivity index (χ1v) is 8.34. The molecule has 126 valence electrons. The first kappa shape index (κ1) is 15.8. The molecule has 0 saturated carbocycles. The Bertz CT molecular complexity index is 1160. The Kier molecular flexibility index (Phi) is 3.77. The van der Waals surface area contributed by atoms with Gasteiger partial charge in [-0.2, -0.15) is 0 Å². The van der Waals surface area contributed by atoms with Crippen LogP contribution in [0.3, 0.4) is 0 Å². The zero-order valence-corrected chi connectivity index (χ0v) is 14.6. The van der Waals surface area contributed by atoms with Gasteiger partial charge in [0.1, 0.15) is 23.5 Å². The molecule has 0 amide bonds. The van der Waals surface area contributed by atoms with Gasteiger partial charge in [0, 0.05) is 27.1 Å². The number of aromatic amines is 1. The van der Waals surface area contributed by atoms with Crippen molar-refractivity contribution in [3.05, 3.63) is 74.7 Å². The van der Waals surface area contributed by atoms with E-state index in [9.17, 15) is 4.79 Å². The van der Waals surface area contributed by atoms with Crippen molar-refractivity contribution in [3.8, 4) is 5.75 Å². The van der Waals surface area contributed by atoms with Crippen LogP contribution < -0.4 is 10.4 Å². The summed E-state index contributed by atoms with van der Waals surface area (Å²) in [6, 6.07) is 13.1. The first-order valence-electron chi connectivity index (χ1n) is 7.96. The van der Waals surface area contributed by atoms with Crippen molar-refractivity contribution < 1.29 is 9.15 Å². The van der Waals surface area contributed by atoms with Crippen molar-refractivity contribution in [2.75, 3.05) is 0 Å². The SMILES string of the molecule is Cc1cc(OCc2c(C)[nH]c3c(=O)oc4ccccc4c23)ccc1Cl. The molecule has 2 heterocycles. The molecule has 4 nitrogen and oxygen atoms in total. The number of rotatable bonds is 3. The van der Waals surface area contributed by atoms with Crippen LogP contribution in [0, 0.1) is 13.8 Å². The molecule has 0 aliphatic rings. The zero-order chi connectivity index (χ0) is 17.6. The molecule has 0 aliphatic heterocycles. The molecule has 0 atom stereocenters. The maximum atomic E-state index is 12.3. The van der Waals surface area contributed by atoms with Gasteiger partial charge in [0.2, 0.25) is 0 Å². The van der Waals surface area contributed by atoms with Gasteiger partial charge in [-0.25, -0.2) is 4.79 Å². The molecule has 2 aromatic heterocycles. The summed E-state index contributed by atoms with van der Waals surface area (Å²) in [5.74, 6) is 0.739. The lowest BCUT2D eigenvalue weighted by Gasteiger charge is -2.09. The highest BCUT2D eigenvalue weighted by atomic mass is 35.5. The molecule has 25 heavy (non-hydrogen) atoms. The lowest BCUT2D eigenvalue weighted by molar-refractivity contribution is 0.307. The summed E-state index contributed by atoms with van der Waals surface area (Å²) in [4.78, 5) is 15.4. The molecule has 0 unspecified atom stereocenters. The largest absolute Gasteiger partial charge is 0.489 e. The van der Waals surface area contributed by atoms with Crippen LogP contribution in [-0.2, 0) is 6.61 Å². The Balaban J connectivity index is 1.82. The number of para-hydroxylation sites is 1. The molecule has 0 fully saturated rings. The van der Waals surface area contributed by atoms with Gasteiger partial charge in [-0.05, 0) is 43.7 Å². The number of aryl methyl sites for hydroxylation is 2. The predicted molar refractivity (Wildman–Crippen MR) is 99.6 cm³/mol. The molecule has 4 aromatic rings. The number of halogens is 1. The Morgan fingerprint density at radius 1 is 1.16 bits per heavy atom. The van der Waals surface area contributed by atoms with Gasteiger partial charge in [-0.1, -0.05) is 29.8 Å². The highest BCUT2D eigenvalue weighted by Gasteiger charge is 2.16. The van der Waals surface area contributed by atoms with Crippen LogP contribution in [0.25, 0.3) is 21.9 Å². The van der Waals surface area contributed by atoms with E-state index < -0.39 is 0 Å². The third kappa shape index (κ3) is 2.68. The summed E-state index contributed by atoms with van der Waals surface area (Å²) in [5.41, 5.74) is 3.48. The Hall–Kier alpha value is -2.72. The predicted octanol–water partition coefficient (Wildman–Crippen LogP) is 5.12. The lowest BCUT2D eigenvalue weighted by Crippen LogP contribution is -2.00. The average molecular weight is 354 g/mol. The normalized spacial score (nSPS) is 11.3. The number of aromatic nitrogens is 1. The summed E-state index contributed by atoms with van der Waals surface area (Å²) < 4.78 is 11.3. The maximum Gasteiger partial charge on any atom is 0.360 e.